The third-order valence-corrected chi connectivity index (χ3v) is 3.24. The first kappa shape index (κ1) is 13.5. The molecule has 1 heterocycles. The van der Waals surface area contributed by atoms with Crippen molar-refractivity contribution in [3.8, 4) is 5.75 Å². The summed E-state index contributed by atoms with van der Waals surface area (Å²) in [6.07, 6.45) is 1.59. The average molecular weight is 303 g/mol. The van der Waals surface area contributed by atoms with Crippen molar-refractivity contribution < 1.29 is 4.74 Å². The first-order chi connectivity index (χ1) is 8.56. The van der Waals surface area contributed by atoms with Gasteiger partial charge in [-0.3, -0.25) is 0 Å². The number of aromatic nitrogens is 1. The zero-order chi connectivity index (χ0) is 13.1. The SMILES string of the molecule is Cc1ccc(Cl)c(OCc2cnc(Cl)cc2Cl)c1. The van der Waals surface area contributed by atoms with Gasteiger partial charge >= 0.3 is 0 Å². The number of benzene rings is 1. The van der Waals surface area contributed by atoms with E-state index in [1.165, 1.54) is 0 Å². The van der Waals surface area contributed by atoms with Gasteiger partial charge in [0, 0.05) is 11.8 Å². The molecular formula is C13H10Cl3NO. The zero-order valence-corrected chi connectivity index (χ0v) is 11.9. The summed E-state index contributed by atoms with van der Waals surface area (Å²) in [5.41, 5.74) is 1.84. The normalized spacial score (nSPS) is 10.4. The highest BCUT2D eigenvalue weighted by Crippen LogP contribution is 2.27. The highest BCUT2D eigenvalue weighted by molar-refractivity contribution is 6.34. The Hall–Kier alpha value is -0.960. The second-order valence-corrected chi connectivity index (χ2v) is 5.02. The van der Waals surface area contributed by atoms with Crippen LogP contribution in [0.5, 0.6) is 5.75 Å². The maximum absolute atomic E-state index is 6.03. The molecule has 0 saturated heterocycles. The zero-order valence-electron chi connectivity index (χ0n) is 9.58. The van der Waals surface area contributed by atoms with E-state index in [4.69, 9.17) is 39.5 Å². The lowest BCUT2D eigenvalue weighted by molar-refractivity contribution is 0.306. The predicted octanol–water partition coefficient (Wildman–Crippen LogP) is 4.93. The summed E-state index contributed by atoms with van der Waals surface area (Å²) in [6.45, 7) is 2.27. The number of hydrogen-bond donors (Lipinski definition) is 0. The molecule has 2 aromatic rings. The van der Waals surface area contributed by atoms with Crippen LogP contribution in [0.1, 0.15) is 11.1 Å². The van der Waals surface area contributed by atoms with E-state index in [2.05, 4.69) is 4.98 Å². The molecule has 0 aliphatic heterocycles. The summed E-state index contributed by atoms with van der Waals surface area (Å²) in [5, 5.41) is 1.45. The second-order valence-electron chi connectivity index (χ2n) is 3.82. The molecule has 2 nitrogen and oxygen atoms in total. The summed E-state index contributed by atoms with van der Waals surface area (Å²) in [4.78, 5) is 3.96. The van der Waals surface area contributed by atoms with E-state index in [0.29, 0.717) is 27.6 Å². The molecular weight excluding hydrogens is 293 g/mol. The lowest BCUT2D eigenvalue weighted by Gasteiger charge is -2.09. The van der Waals surface area contributed by atoms with Gasteiger partial charge in [-0.1, -0.05) is 40.9 Å². The van der Waals surface area contributed by atoms with Crippen LogP contribution in [0, 0.1) is 6.92 Å². The number of pyridine rings is 1. The number of rotatable bonds is 3. The highest BCUT2D eigenvalue weighted by Gasteiger charge is 2.06. The number of hydrogen-bond acceptors (Lipinski definition) is 2. The first-order valence-electron chi connectivity index (χ1n) is 5.25. The minimum atomic E-state index is 0.298. The van der Waals surface area contributed by atoms with Crippen molar-refractivity contribution >= 4 is 34.8 Å². The number of halogens is 3. The Labute approximate surface area is 120 Å². The molecule has 0 fully saturated rings. The Kier molecular flexibility index (Phi) is 4.33. The number of ether oxygens (including phenoxy) is 1. The van der Waals surface area contributed by atoms with Gasteiger partial charge < -0.3 is 4.74 Å². The van der Waals surface area contributed by atoms with Gasteiger partial charge in [-0.15, -0.1) is 0 Å². The molecule has 0 N–H and O–H groups in total. The molecule has 5 heteroatoms. The van der Waals surface area contributed by atoms with Crippen molar-refractivity contribution in [3.05, 3.63) is 56.8 Å². The Morgan fingerprint density at radius 1 is 1.11 bits per heavy atom. The van der Waals surface area contributed by atoms with Crippen molar-refractivity contribution in [2.75, 3.05) is 0 Å². The van der Waals surface area contributed by atoms with Crippen LogP contribution in [-0.4, -0.2) is 4.98 Å². The molecule has 0 spiro atoms. The third-order valence-electron chi connectivity index (χ3n) is 2.37. The minimum absolute atomic E-state index is 0.298. The maximum atomic E-state index is 6.03. The Bertz CT molecular complexity index is 572. The molecule has 1 aromatic heterocycles. The quantitative estimate of drug-likeness (QED) is 0.750. The molecule has 94 valence electrons. The fourth-order valence-electron chi connectivity index (χ4n) is 1.42. The fourth-order valence-corrected chi connectivity index (χ4v) is 2.01. The van der Waals surface area contributed by atoms with Crippen molar-refractivity contribution in [3.63, 3.8) is 0 Å². The van der Waals surface area contributed by atoms with E-state index in [-0.39, 0.29) is 0 Å². The number of aryl methyl sites for hydroxylation is 1. The topological polar surface area (TPSA) is 22.1 Å². The van der Waals surface area contributed by atoms with Crippen LogP contribution in [-0.2, 0) is 6.61 Å². The van der Waals surface area contributed by atoms with Crippen molar-refractivity contribution in [2.45, 2.75) is 13.5 Å². The van der Waals surface area contributed by atoms with Crippen LogP contribution < -0.4 is 4.74 Å². The fraction of sp³-hybridized carbons (Fsp3) is 0.154. The van der Waals surface area contributed by atoms with Gasteiger partial charge in [0.15, 0.2) is 0 Å². The molecule has 0 atom stereocenters. The second kappa shape index (κ2) is 5.79. The van der Waals surface area contributed by atoms with Crippen LogP contribution in [0.2, 0.25) is 15.2 Å². The molecule has 0 unspecified atom stereocenters. The highest BCUT2D eigenvalue weighted by atomic mass is 35.5. The molecule has 0 radical (unpaired) electrons. The molecule has 0 aliphatic carbocycles. The third kappa shape index (κ3) is 3.29. The van der Waals surface area contributed by atoms with E-state index in [9.17, 15) is 0 Å². The van der Waals surface area contributed by atoms with E-state index in [1.807, 2.05) is 19.1 Å². The van der Waals surface area contributed by atoms with Crippen molar-refractivity contribution in [2.24, 2.45) is 0 Å². The van der Waals surface area contributed by atoms with Gasteiger partial charge in [0.2, 0.25) is 0 Å². The van der Waals surface area contributed by atoms with Gasteiger partial charge in [-0.25, -0.2) is 4.98 Å². The molecule has 0 aliphatic rings. The van der Waals surface area contributed by atoms with Crippen LogP contribution >= 0.6 is 34.8 Å². The van der Waals surface area contributed by atoms with Crippen LogP contribution in [0.3, 0.4) is 0 Å². The van der Waals surface area contributed by atoms with Crippen LogP contribution in [0.15, 0.2) is 30.5 Å². The first-order valence-corrected chi connectivity index (χ1v) is 6.38. The summed E-state index contributed by atoms with van der Waals surface area (Å²) < 4.78 is 5.62. The molecule has 0 bridgehead atoms. The van der Waals surface area contributed by atoms with Crippen molar-refractivity contribution in [1.29, 1.82) is 0 Å². The van der Waals surface area contributed by atoms with Gasteiger partial charge in [0.05, 0.1) is 10.0 Å². The van der Waals surface area contributed by atoms with E-state index in [1.54, 1.807) is 18.3 Å². The van der Waals surface area contributed by atoms with E-state index in [0.717, 1.165) is 11.1 Å². The summed E-state index contributed by atoms with van der Waals surface area (Å²) in [7, 11) is 0. The molecule has 2 rings (SSSR count). The molecule has 1 aromatic carbocycles. The molecule has 0 saturated carbocycles. The minimum Gasteiger partial charge on any atom is -0.487 e. The Morgan fingerprint density at radius 2 is 1.89 bits per heavy atom. The molecule has 0 amide bonds. The van der Waals surface area contributed by atoms with Crippen LogP contribution in [0.25, 0.3) is 0 Å². The number of nitrogens with zero attached hydrogens (tertiary/aromatic N) is 1. The largest absolute Gasteiger partial charge is 0.487 e. The van der Waals surface area contributed by atoms with Crippen LogP contribution in [0.4, 0.5) is 0 Å². The Morgan fingerprint density at radius 3 is 2.61 bits per heavy atom. The van der Waals surface area contributed by atoms with Gasteiger partial charge in [0.1, 0.15) is 17.5 Å². The standard InChI is InChI=1S/C13H10Cl3NO/c1-8-2-3-10(14)12(4-8)18-7-9-6-17-13(16)5-11(9)15/h2-6H,7H2,1H3. The smallest absolute Gasteiger partial charge is 0.138 e. The van der Waals surface area contributed by atoms with Crippen molar-refractivity contribution in [1.82, 2.24) is 4.98 Å². The molecule has 18 heavy (non-hydrogen) atoms. The average Bonchev–Trinajstić information content (AvgIpc) is 2.32. The summed E-state index contributed by atoms with van der Waals surface area (Å²) in [5.74, 6) is 0.627. The lowest BCUT2D eigenvalue weighted by atomic mass is 10.2. The maximum Gasteiger partial charge on any atom is 0.138 e. The van der Waals surface area contributed by atoms with Gasteiger partial charge in [-0.2, -0.15) is 0 Å². The summed E-state index contributed by atoms with van der Waals surface area (Å²) in [6, 6.07) is 7.18. The van der Waals surface area contributed by atoms with E-state index >= 15 is 0 Å². The predicted molar refractivity (Wildman–Crippen MR) is 74.8 cm³/mol. The summed E-state index contributed by atoms with van der Waals surface area (Å²) >= 11 is 17.8. The van der Waals surface area contributed by atoms with Gasteiger partial charge in [-0.05, 0) is 30.7 Å². The monoisotopic (exact) mass is 301 g/mol. The van der Waals surface area contributed by atoms with E-state index < -0.39 is 0 Å². The van der Waals surface area contributed by atoms with Gasteiger partial charge in [0.25, 0.3) is 0 Å². The Balaban J connectivity index is 2.13. The lowest BCUT2D eigenvalue weighted by Crippen LogP contribution is -1.98.